The van der Waals surface area contributed by atoms with Crippen molar-refractivity contribution in [1.82, 2.24) is 0 Å². The van der Waals surface area contributed by atoms with E-state index in [0.29, 0.717) is 6.61 Å². The summed E-state index contributed by atoms with van der Waals surface area (Å²) in [4.78, 5) is 0. The number of rotatable bonds is 6. The van der Waals surface area contributed by atoms with Gasteiger partial charge in [-0.05, 0) is 49.6 Å². The molecule has 3 heteroatoms. The van der Waals surface area contributed by atoms with Gasteiger partial charge in [-0.2, -0.15) is 0 Å². The van der Waals surface area contributed by atoms with Crippen molar-refractivity contribution in [3.63, 3.8) is 0 Å². The highest BCUT2D eigenvalue weighted by atomic mass is 16.5. The predicted octanol–water partition coefficient (Wildman–Crippen LogP) is 3.64. The minimum Gasteiger partial charge on any atom is -0.496 e. The molecule has 3 nitrogen and oxygen atoms in total. The maximum absolute atomic E-state index is 6.33. The van der Waals surface area contributed by atoms with Crippen molar-refractivity contribution in [3.8, 4) is 11.5 Å². The first-order valence-corrected chi connectivity index (χ1v) is 7.26. The molecule has 0 bridgehead atoms. The van der Waals surface area contributed by atoms with Gasteiger partial charge in [0.2, 0.25) is 0 Å². The number of benzene rings is 2. The molecule has 0 aliphatic rings. The van der Waals surface area contributed by atoms with Gasteiger partial charge >= 0.3 is 0 Å². The van der Waals surface area contributed by atoms with Gasteiger partial charge in [0.25, 0.3) is 0 Å². The molecule has 0 saturated carbocycles. The molecule has 0 heterocycles. The van der Waals surface area contributed by atoms with Crippen LogP contribution in [0.3, 0.4) is 0 Å². The number of aryl methyl sites for hydroxylation is 1. The Bertz CT molecular complexity index is 578. The van der Waals surface area contributed by atoms with Crippen LogP contribution >= 0.6 is 0 Å². The van der Waals surface area contributed by atoms with E-state index in [1.165, 1.54) is 5.56 Å². The number of hydrogen-bond acceptors (Lipinski definition) is 3. The summed E-state index contributed by atoms with van der Waals surface area (Å²) in [6.45, 7) is 4.72. The average Bonchev–Trinajstić information content (AvgIpc) is 2.48. The third kappa shape index (κ3) is 3.99. The lowest BCUT2D eigenvalue weighted by molar-refractivity contribution is 0.340. The van der Waals surface area contributed by atoms with Gasteiger partial charge in [-0.3, -0.25) is 0 Å². The fourth-order valence-electron chi connectivity index (χ4n) is 2.40. The van der Waals surface area contributed by atoms with Crippen LogP contribution in [0.1, 0.15) is 29.7 Å². The van der Waals surface area contributed by atoms with Crippen LogP contribution in [0.2, 0.25) is 0 Å². The first-order chi connectivity index (χ1) is 10.1. The molecule has 2 N–H and O–H groups in total. The molecule has 0 aliphatic heterocycles. The summed E-state index contributed by atoms with van der Waals surface area (Å²) >= 11 is 0. The van der Waals surface area contributed by atoms with Crippen molar-refractivity contribution < 1.29 is 9.47 Å². The summed E-state index contributed by atoms with van der Waals surface area (Å²) in [5.74, 6) is 1.77. The van der Waals surface area contributed by atoms with E-state index in [1.54, 1.807) is 7.11 Å². The molecule has 0 aromatic heterocycles. The number of nitrogens with two attached hydrogens (primary N) is 1. The topological polar surface area (TPSA) is 44.5 Å². The van der Waals surface area contributed by atoms with E-state index in [-0.39, 0.29) is 6.04 Å². The Kier molecular flexibility index (Phi) is 5.23. The zero-order chi connectivity index (χ0) is 15.2. The molecule has 0 radical (unpaired) electrons. The quantitative estimate of drug-likeness (QED) is 0.881. The highest BCUT2D eigenvalue weighted by molar-refractivity contribution is 5.39. The number of methoxy groups -OCH3 is 1. The summed E-state index contributed by atoms with van der Waals surface area (Å²) < 4.78 is 10.9. The van der Waals surface area contributed by atoms with E-state index in [9.17, 15) is 0 Å². The van der Waals surface area contributed by atoms with Gasteiger partial charge in [-0.25, -0.2) is 0 Å². The highest BCUT2D eigenvalue weighted by Gasteiger charge is 2.11. The molecule has 0 amide bonds. The summed E-state index contributed by atoms with van der Waals surface area (Å²) in [5.41, 5.74) is 9.78. The molecule has 2 aromatic carbocycles. The van der Waals surface area contributed by atoms with Crippen LogP contribution in [-0.4, -0.2) is 13.7 Å². The lowest BCUT2D eigenvalue weighted by Crippen LogP contribution is -2.14. The maximum Gasteiger partial charge on any atom is 0.122 e. The van der Waals surface area contributed by atoms with Crippen LogP contribution in [-0.2, 0) is 6.42 Å². The van der Waals surface area contributed by atoms with Crippen molar-refractivity contribution in [2.75, 3.05) is 13.7 Å². The van der Waals surface area contributed by atoms with Gasteiger partial charge in [0.1, 0.15) is 11.5 Å². The molecule has 2 rings (SSSR count). The summed E-state index contributed by atoms with van der Waals surface area (Å²) in [6.07, 6.45) is 0.749. The van der Waals surface area contributed by atoms with Gasteiger partial charge in [-0.15, -0.1) is 0 Å². The first kappa shape index (κ1) is 15.4. The molecule has 112 valence electrons. The lowest BCUT2D eigenvalue weighted by Gasteiger charge is -2.16. The number of ether oxygens (including phenoxy) is 2. The van der Waals surface area contributed by atoms with Crippen molar-refractivity contribution >= 4 is 0 Å². The molecular weight excluding hydrogens is 262 g/mol. The Balaban J connectivity index is 2.13. The van der Waals surface area contributed by atoms with Gasteiger partial charge in [0.05, 0.1) is 13.7 Å². The largest absolute Gasteiger partial charge is 0.496 e. The summed E-state index contributed by atoms with van der Waals surface area (Å²) in [5, 5.41) is 0. The predicted molar refractivity (Wildman–Crippen MR) is 86.0 cm³/mol. The molecule has 0 saturated heterocycles. The standard InChI is InChI=1S/C18H23NO2/c1-4-21-16-8-6-14(7-9-16)17(19)12-15-11-13(2)5-10-18(15)20-3/h5-11,17H,4,12,19H2,1-3H3. The summed E-state index contributed by atoms with van der Waals surface area (Å²) in [7, 11) is 1.69. The molecule has 0 aliphatic carbocycles. The van der Waals surface area contributed by atoms with Gasteiger partial charge in [0, 0.05) is 6.04 Å². The van der Waals surface area contributed by atoms with Crippen molar-refractivity contribution in [2.45, 2.75) is 26.3 Å². The average molecular weight is 285 g/mol. The molecule has 1 unspecified atom stereocenters. The van der Waals surface area contributed by atoms with Crippen LogP contribution in [0.5, 0.6) is 11.5 Å². The highest BCUT2D eigenvalue weighted by Crippen LogP contribution is 2.25. The van der Waals surface area contributed by atoms with E-state index in [4.69, 9.17) is 15.2 Å². The van der Waals surface area contributed by atoms with Crippen LogP contribution < -0.4 is 15.2 Å². The van der Waals surface area contributed by atoms with Crippen molar-refractivity contribution in [2.24, 2.45) is 5.73 Å². The Labute approximate surface area is 126 Å². The normalized spacial score (nSPS) is 12.0. The minimum absolute atomic E-state index is 0.0589. The molecule has 0 spiro atoms. The number of hydrogen-bond donors (Lipinski definition) is 1. The lowest BCUT2D eigenvalue weighted by atomic mass is 9.98. The van der Waals surface area contributed by atoms with Gasteiger partial charge in [0.15, 0.2) is 0 Å². The SMILES string of the molecule is CCOc1ccc(C(N)Cc2cc(C)ccc2OC)cc1. The summed E-state index contributed by atoms with van der Waals surface area (Å²) in [6, 6.07) is 14.1. The van der Waals surface area contributed by atoms with Gasteiger partial charge < -0.3 is 15.2 Å². The van der Waals surface area contributed by atoms with E-state index in [0.717, 1.165) is 29.0 Å². The minimum atomic E-state index is -0.0589. The second-order valence-electron chi connectivity index (χ2n) is 5.13. The molecule has 21 heavy (non-hydrogen) atoms. The van der Waals surface area contributed by atoms with E-state index < -0.39 is 0 Å². The van der Waals surface area contributed by atoms with Crippen LogP contribution in [0.4, 0.5) is 0 Å². The third-order valence-corrected chi connectivity index (χ3v) is 3.49. The molecule has 1 atom stereocenters. The van der Waals surface area contributed by atoms with Crippen LogP contribution in [0.25, 0.3) is 0 Å². The molecule has 2 aromatic rings. The van der Waals surface area contributed by atoms with Crippen LogP contribution in [0.15, 0.2) is 42.5 Å². The van der Waals surface area contributed by atoms with E-state index >= 15 is 0 Å². The van der Waals surface area contributed by atoms with Crippen LogP contribution in [0, 0.1) is 6.92 Å². The van der Waals surface area contributed by atoms with E-state index in [1.807, 2.05) is 43.3 Å². The monoisotopic (exact) mass is 285 g/mol. The Hall–Kier alpha value is -2.00. The fourth-order valence-corrected chi connectivity index (χ4v) is 2.40. The second-order valence-corrected chi connectivity index (χ2v) is 5.13. The zero-order valence-corrected chi connectivity index (χ0v) is 12.9. The first-order valence-electron chi connectivity index (χ1n) is 7.26. The van der Waals surface area contributed by atoms with Crippen molar-refractivity contribution in [3.05, 3.63) is 59.2 Å². The maximum atomic E-state index is 6.33. The zero-order valence-electron chi connectivity index (χ0n) is 12.9. The Morgan fingerprint density at radius 3 is 2.43 bits per heavy atom. The van der Waals surface area contributed by atoms with Crippen molar-refractivity contribution in [1.29, 1.82) is 0 Å². The Morgan fingerprint density at radius 2 is 1.81 bits per heavy atom. The van der Waals surface area contributed by atoms with Gasteiger partial charge in [-0.1, -0.05) is 29.8 Å². The molecular formula is C18H23NO2. The fraction of sp³-hybridized carbons (Fsp3) is 0.333. The third-order valence-electron chi connectivity index (χ3n) is 3.49. The smallest absolute Gasteiger partial charge is 0.122 e. The molecule has 0 fully saturated rings. The second kappa shape index (κ2) is 7.14. The Morgan fingerprint density at radius 1 is 1.10 bits per heavy atom. The van der Waals surface area contributed by atoms with E-state index in [2.05, 4.69) is 13.0 Å².